The summed E-state index contributed by atoms with van der Waals surface area (Å²) in [5, 5.41) is 17.7. The zero-order chi connectivity index (χ0) is 18.1. The van der Waals surface area contributed by atoms with Crippen LogP contribution in [0.1, 0.15) is 10.4 Å². The van der Waals surface area contributed by atoms with E-state index in [2.05, 4.69) is 5.18 Å². The van der Waals surface area contributed by atoms with Crippen molar-refractivity contribution in [2.75, 3.05) is 0 Å². The van der Waals surface area contributed by atoms with Crippen molar-refractivity contribution in [3.63, 3.8) is 0 Å². The van der Waals surface area contributed by atoms with Crippen molar-refractivity contribution in [1.29, 1.82) is 0 Å². The van der Waals surface area contributed by atoms with Crippen LogP contribution < -0.4 is 0 Å². The molecule has 4 rings (SSSR count). The van der Waals surface area contributed by atoms with E-state index in [-0.39, 0.29) is 5.56 Å². The van der Waals surface area contributed by atoms with Crippen LogP contribution in [0.4, 0.5) is 5.69 Å². The third kappa shape index (κ3) is 2.63. The first-order valence-electron chi connectivity index (χ1n) is 7.92. The highest BCUT2D eigenvalue weighted by Crippen LogP contribution is 2.30. The van der Waals surface area contributed by atoms with Gasteiger partial charge in [-0.15, -0.1) is 4.91 Å². The van der Waals surface area contributed by atoms with Crippen LogP contribution in [0.25, 0.3) is 27.8 Å². The minimum atomic E-state index is -0.962. The van der Waals surface area contributed by atoms with Crippen molar-refractivity contribution in [2.45, 2.75) is 0 Å². The van der Waals surface area contributed by atoms with Gasteiger partial charge in [0.2, 0.25) is 0 Å². The average molecular weight is 343 g/mol. The number of hydrogen-bond donors (Lipinski definition) is 1. The van der Waals surface area contributed by atoms with Gasteiger partial charge >= 0.3 is 5.97 Å². The number of para-hydroxylation sites is 1. The number of carboxylic acids is 1. The maximum absolute atomic E-state index is 11.1. The molecule has 126 valence electrons. The molecule has 1 aromatic heterocycles. The van der Waals surface area contributed by atoms with Crippen LogP contribution in [-0.2, 0) is 0 Å². The molecule has 3 aromatic carbocycles. The van der Waals surface area contributed by atoms with Gasteiger partial charge in [-0.2, -0.15) is 5.10 Å². The molecule has 0 amide bonds. The normalized spacial score (nSPS) is 10.8. The summed E-state index contributed by atoms with van der Waals surface area (Å²) in [6, 6.07) is 21.3. The molecule has 0 fully saturated rings. The van der Waals surface area contributed by atoms with Crippen LogP contribution in [0.3, 0.4) is 0 Å². The van der Waals surface area contributed by atoms with Crippen molar-refractivity contribution in [1.82, 2.24) is 9.78 Å². The van der Waals surface area contributed by atoms with Crippen LogP contribution in [0.5, 0.6) is 0 Å². The van der Waals surface area contributed by atoms with Gasteiger partial charge in [0.1, 0.15) is 11.4 Å². The van der Waals surface area contributed by atoms with Crippen LogP contribution in [0.2, 0.25) is 0 Å². The Bertz CT molecular complexity index is 1110. The number of carbonyl (C=O) groups is 1. The van der Waals surface area contributed by atoms with Gasteiger partial charge in [0.25, 0.3) is 0 Å². The molecular formula is C20H13N3O3. The highest BCUT2D eigenvalue weighted by Gasteiger charge is 2.14. The second-order valence-corrected chi connectivity index (χ2v) is 5.77. The quantitative estimate of drug-likeness (QED) is 0.540. The summed E-state index contributed by atoms with van der Waals surface area (Å²) in [6.45, 7) is 0. The van der Waals surface area contributed by atoms with Gasteiger partial charge in [-0.3, -0.25) is 0 Å². The largest absolute Gasteiger partial charge is 0.478 e. The molecule has 0 atom stereocenters. The van der Waals surface area contributed by atoms with E-state index < -0.39 is 5.97 Å². The molecule has 0 bridgehead atoms. The number of fused-ring (bicyclic) bond motifs is 1. The smallest absolute Gasteiger partial charge is 0.335 e. The second kappa shape index (κ2) is 6.25. The number of benzene rings is 3. The second-order valence-electron chi connectivity index (χ2n) is 5.77. The number of hydrogen-bond acceptors (Lipinski definition) is 4. The van der Waals surface area contributed by atoms with Crippen LogP contribution >= 0.6 is 0 Å². The summed E-state index contributed by atoms with van der Waals surface area (Å²) in [5.74, 6) is -0.962. The standard InChI is InChI=1S/C20H13N3O3/c24-20(25)14-7-5-13(6-8-14)19-17-3-1-2-4-18(17)23(21-19)16-11-9-15(22-26)10-12-16/h1-12H,(H,24,25). The lowest BCUT2D eigenvalue weighted by atomic mass is 10.1. The van der Waals surface area contributed by atoms with Crippen molar-refractivity contribution >= 4 is 22.6 Å². The van der Waals surface area contributed by atoms with E-state index >= 15 is 0 Å². The number of nitroso groups, excluding NO2 is 1. The predicted molar refractivity (Wildman–Crippen MR) is 98.9 cm³/mol. The van der Waals surface area contributed by atoms with Gasteiger partial charge < -0.3 is 5.11 Å². The highest BCUT2D eigenvalue weighted by atomic mass is 16.4. The molecule has 0 aliphatic rings. The van der Waals surface area contributed by atoms with E-state index in [4.69, 9.17) is 10.2 Å². The Labute approximate surface area is 148 Å². The lowest BCUT2D eigenvalue weighted by Crippen LogP contribution is -1.96. The fourth-order valence-electron chi connectivity index (χ4n) is 2.90. The predicted octanol–water partition coefficient (Wildman–Crippen LogP) is 4.79. The molecule has 0 aliphatic heterocycles. The van der Waals surface area contributed by atoms with Crippen molar-refractivity contribution in [2.24, 2.45) is 5.18 Å². The maximum atomic E-state index is 11.1. The molecule has 0 radical (unpaired) electrons. The molecule has 0 unspecified atom stereocenters. The molecule has 1 heterocycles. The zero-order valence-corrected chi connectivity index (χ0v) is 13.5. The van der Waals surface area contributed by atoms with Gasteiger partial charge in [0, 0.05) is 10.9 Å². The van der Waals surface area contributed by atoms with Crippen LogP contribution in [-0.4, -0.2) is 20.9 Å². The average Bonchev–Trinajstić information content (AvgIpc) is 3.08. The Morgan fingerprint density at radius 2 is 1.62 bits per heavy atom. The number of aromatic nitrogens is 2. The van der Waals surface area contributed by atoms with E-state index in [9.17, 15) is 9.70 Å². The van der Waals surface area contributed by atoms with Gasteiger partial charge in [0.05, 0.1) is 16.8 Å². The summed E-state index contributed by atoms with van der Waals surface area (Å²) in [4.78, 5) is 21.7. The Morgan fingerprint density at radius 1 is 0.923 bits per heavy atom. The summed E-state index contributed by atoms with van der Waals surface area (Å²) in [5.41, 5.74) is 3.90. The van der Waals surface area contributed by atoms with E-state index in [1.54, 1.807) is 53.2 Å². The lowest BCUT2D eigenvalue weighted by Gasteiger charge is -2.03. The fraction of sp³-hybridized carbons (Fsp3) is 0. The van der Waals surface area contributed by atoms with Crippen molar-refractivity contribution in [3.8, 4) is 16.9 Å². The topological polar surface area (TPSA) is 84.5 Å². The molecular weight excluding hydrogens is 330 g/mol. The molecule has 6 heteroatoms. The van der Waals surface area contributed by atoms with Gasteiger partial charge in [-0.05, 0) is 47.6 Å². The lowest BCUT2D eigenvalue weighted by molar-refractivity contribution is 0.0697. The van der Waals surface area contributed by atoms with Gasteiger partial charge in [0.15, 0.2) is 0 Å². The molecule has 0 saturated carbocycles. The third-order valence-corrected chi connectivity index (χ3v) is 4.19. The molecule has 4 aromatic rings. The summed E-state index contributed by atoms with van der Waals surface area (Å²) < 4.78 is 1.80. The van der Waals surface area contributed by atoms with E-state index in [1.807, 2.05) is 24.3 Å². The van der Waals surface area contributed by atoms with Crippen molar-refractivity contribution < 1.29 is 9.90 Å². The summed E-state index contributed by atoms with van der Waals surface area (Å²) in [7, 11) is 0. The Kier molecular flexibility index (Phi) is 3.78. The third-order valence-electron chi connectivity index (χ3n) is 4.19. The first-order chi connectivity index (χ1) is 12.7. The molecule has 0 saturated heterocycles. The molecule has 6 nitrogen and oxygen atoms in total. The minimum Gasteiger partial charge on any atom is -0.478 e. The molecule has 0 spiro atoms. The fourth-order valence-corrected chi connectivity index (χ4v) is 2.90. The SMILES string of the molecule is O=Nc1ccc(-n2nc(-c3ccc(C(=O)O)cc3)c3ccccc32)cc1. The molecule has 0 aliphatic carbocycles. The van der Waals surface area contributed by atoms with Crippen molar-refractivity contribution in [3.05, 3.63) is 83.3 Å². The van der Waals surface area contributed by atoms with Crippen LogP contribution in [0.15, 0.2) is 78.0 Å². The Hall–Kier alpha value is -3.80. The van der Waals surface area contributed by atoms with Gasteiger partial charge in [-0.1, -0.05) is 30.3 Å². The molecule has 26 heavy (non-hydrogen) atoms. The van der Waals surface area contributed by atoms with E-state index in [0.29, 0.717) is 5.69 Å². The number of carboxylic acid groups (broad SMARTS) is 1. The van der Waals surface area contributed by atoms with Gasteiger partial charge in [-0.25, -0.2) is 9.48 Å². The van der Waals surface area contributed by atoms with E-state index in [0.717, 1.165) is 27.8 Å². The molecule has 1 N–H and O–H groups in total. The van der Waals surface area contributed by atoms with E-state index in [1.165, 1.54) is 0 Å². The maximum Gasteiger partial charge on any atom is 0.335 e. The number of rotatable bonds is 4. The number of nitrogens with zero attached hydrogens (tertiary/aromatic N) is 3. The van der Waals surface area contributed by atoms with Crippen LogP contribution in [0, 0.1) is 4.91 Å². The minimum absolute atomic E-state index is 0.231. The summed E-state index contributed by atoms with van der Waals surface area (Å²) in [6.07, 6.45) is 0. The highest BCUT2D eigenvalue weighted by molar-refractivity contribution is 5.95. The Balaban J connectivity index is 1.88. The Morgan fingerprint density at radius 3 is 2.27 bits per heavy atom. The summed E-state index contributed by atoms with van der Waals surface area (Å²) >= 11 is 0. The number of aromatic carboxylic acids is 1. The first-order valence-corrected chi connectivity index (χ1v) is 7.92. The zero-order valence-electron chi connectivity index (χ0n) is 13.5. The monoisotopic (exact) mass is 343 g/mol. The first kappa shape index (κ1) is 15.7.